The Hall–Kier alpha value is -1.48. The summed E-state index contributed by atoms with van der Waals surface area (Å²) in [7, 11) is -3.55. The van der Waals surface area contributed by atoms with Crippen molar-refractivity contribution in [3.8, 4) is 0 Å². The molecule has 1 aliphatic rings. The fraction of sp³-hybridized carbons (Fsp3) is 0.500. The third kappa shape index (κ3) is 4.20. The molecule has 3 rings (SSSR count). The largest absolute Gasteiger partial charge is 0.339 e. The first-order valence-electron chi connectivity index (χ1n) is 7.99. The Kier molecular flexibility index (Phi) is 5.88. The van der Waals surface area contributed by atoms with E-state index in [9.17, 15) is 8.42 Å². The van der Waals surface area contributed by atoms with Gasteiger partial charge in [-0.15, -0.1) is 12.4 Å². The smallest absolute Gasteiger partial charge is 0.240 e. The number of aromatic nitrogens is 2. The van der Waals surface area contributed by atoms with Crippen molar-refractivity contribution in [2.45, 2.75) is 50.0 Å². The molecule has 9 heteroatoms. The minimum absolute atomic E-state index is 0. The minimum Gasteiger partial charge on any atom is -0.339 e. The fourth-order valence-electron chi connectivity index (χ4n) is 2.60. The van der Waals surface area contributed by atoms with Crippen molar-refractivity contribution in [2.75, 3.05) is 6.54 Å². The molecule has 1 saturated carbocycles. The lowest BCUT2D eigenvalue weighted by molar-refractivity contribution is 0.229. The van der Waals surface area contributed by atoms with Crippen molar-refractivity contribution in [1.29, 1.82) is 0 Å². The van der Waals surface area contributed by atoms with Crippen molar-refractivity contribution in [2.24, 2.45) is 5.73 Å². The molecule has 0 aliphatic heterocycles. The van der Waals surface area contributed by atoms with E-state index in [4.69, 9.17) is 10.3 Å². The Labute approximate surface area is 153 Å². The first-order chi connectivity index (χ1) is 11.3. The molecule has 1 aromatic heterocycles. The molecule has 0 atom stereocenters. The molecule has 2 aromatic rings. The predicted molar refractivity (Wildman–Crippen MR) is 96.1 cm³/mol. The van der Waals surface area contributed by atoms with Crippen LogP contribution < -0.4 is 10.5 Å². The Bertz CT molecular complexity index is 847. The number of halogens is 1. The summed E-state index contributed by atoms with van der Waals surface area (Å²) in [5.74, 6) is 0.908. The number of hydrogen-bond donors (Lipinski definition) is 2. The number of nitrogens with two attached hydrogens (primary N) is 1. The van der Waals surface area contributed by atoms with Crippen LogP contribution in [0.4, 0.5) is 0 Å². The molecule has 1 aromatic carbocycles. The first kappa shape index (κ1) is 19.8. The van der Waals surface area contributed by atoms with E-state index in [2.05, 4.69) is 14.9 Å². The molecular formula is C16H23ClN4O3S. The second kappa shape index (κ2) is 7.41. The van der Waals surface area contributed by atoms with Gasteiger partial charge in [-0.3, -0.25) is 0 Å². The summed E-state index contributed by atoms with van der Waals surface area (Å²) < 4.78 is 32.3. The Morgan fingerprint density at radius 3 is 2.60 bits per heavy atom. The molecule has 0 radical (unpaired) electrons. The third-order valence-corrected chi connectivity index (χ3v) is 6.04. The highest BCUT2D eigenvalue weighted by Gasteiger charge is 2.38. The normalized spacial score (nSPS) is 16.1. The summed E-state index contributed by atoms with van der Waals surface area (Å²) in [6, 6.07) is 5.06. The predicted octanol–water partition coefficient (Wildman–Crippen LogP) is 1.97. The lowest BCUT2D eigenvalue weighted by Crippen LogP contribution is -2.44. The maximum Gasteiger partial charge on any atom is 0.240 e. The first-order valence-corrected chi connectivity index (χ1v) is 9.47. The van der Waals surface area contributed by atoms with Crippen LogP contribution in [0, 0.1) is 13.8 Å². The number of nitrogens with one attached hydrogen (secondary N) is 1. The van der Waals surface area contributed by atoms with E-state index in [-0.39, 0.29) is 23.8 Å². The Balaban J connectivity index is 0.00000225. The van der Waals surface area contributed by atoms with Crippen LogP contribution in [0.1, 0.15) is 42.1 Å². The van der Waals surface area contributed by atoms with Gasteiger partial charge in [-0.1, -0.05) is 11.2 Å². The van der Waals surface area contributed by atoms with Crippen molar-refractivity contribution in [3.05, 3.63) is 41.0 Å². The number of hydrogen-bond acceptors (Lipinski definition) is 6. The zero-order valence-electron chi connectivity index (χ0n) is 14.3. The molecule has 138 valence electrons. The summed E-state index contributed by atoms with van der Waals surface area (Å²) >= 11 is 0. The molecule has 25 heavy (non-hydrogen) atoms. The van der Waals surface area contributed by atoms with Crippen LogP contribution in [0.15, 0.2) is 27.6 Å². The minimum atomic E-state index is -3.55. The summed E-state index contributed by atoms with van der Waals surface area (Å²) in [4.78, 5) is 4.54. The van der Waals surface area contributed by atoms with Crippen LogP contribution in [0.5, 0.6) is 0 Å². The van der Waals surface area contributed by atoms with Gasteiger partial charge < -0.3 is 10.3 Å². The zero-order valence-corrected chi connectivity index (χ0v) is 15.9. The summed E-state index contributed by atoms with van der Waals surface area (Å²) in [5.41, 5.74) is 7.66. The van der Waals surface area contributed by atoms with Crippen LogP contribution >= 0.6 is 12.4 Å². The van der Waals surface area contributed by atoms with Crippen LogP contribution in [0.2, 0.25) is 0 Å². The van der Waals surface area contributed by atoms with Gasteiger partial charge in [0.1, 0.15) is 0 Å². The maximum absolute atomic E-state index is 12.3. The monoisotopic (exact) mass is 386 g/mol. The van der Waals surface area contributed by atoms with E-state index in [1.807, 2.05) is 13.8 Å². The molecular weight excluding hydrogens is 364 g/mol. The molecule has 0 unspecified atom stereocenters. The van der Waals surface area contributed by atoms with Gasteiger partial charge in [-0.05, 0) is 56.4 Å². The Morgan fingerprint density at radius 1 is 1.28 bits per heavy atom. The summed E-state index contributed by atoms with van der Waals surface area (Å²) in [6.45, 7) is 4.02. The van der Waals surface area contributed by atoms with Crippen LogP contribution in [-0.4, -0.2) is 25.1 Å². The Morgan fingerprint density at radius 2 is 2.00 bits per heavy atom. The maximum atomic E-state index is 12.3. The topological polar surface area (TPSA) is 111 Å². The van der Waals surface area contributed by atoms with Gasteiger partial charge in [0.15, 0.2) is 5.82 Å². The van der Waals surface area contributed by atoms with Crippen LogP contribution in [-0.2, 0) is 22.0 Å². The van der Waals surface area contributed by atoms with Crippen molar-refractivity contribution in [3.63, 3.8) is 0 Å². The highest BCUT2D eigenvalue weighted by Crippen LogP contribution is 2.36. The van der Waals surface area contributed by atoms with Gasteiger partial charge >= 0.3 is 0 Å². The van der Waals surface area contributed by atoms with Crippen molar-refractivity contribution in [1.82, 2.24) is 14.9 Å². The second-order valence-corrected chi connectivity index (χ2v) is 8.18. The van der Waals surface area contributed by atoms with Crippen LogP contribution in [0.25, 0.3) is 0 Å². The molecule has 1 heterocycles. The average molecular weight is 387 g/mol. The SMILES string of the molecule is Cc1ccc(S(=O)(=O)NCCc2nc(C3(N)CCC3)no2)cc1C.Cl. The highest BCUT2D eigenvalue weighted by molar-refractivity contribution is 7.89. The molecule has 1 aliphatic carbocycles. The molecule has 3 N–H and O–H groups in total. The molecule has 0 spiro atoms. The van der Waals surface area contributed by atoms with Gasteiger partial charge in [0, 0.05) is 13.0 Å². The highest BCUT2D eigenvalue weighted by atomic mass is 35.5. The van der Waals surface area contributed by atoms with Crippen molar-refractivity contribution < 1.29 is 12.9 Å². The molecule has 0 saturated heterocycles. The molecule has 0 amide bonds. The number of rotatable bonds is 6. The van der Waals surface area contributed by atoms with E-state index >= 15 is 0 Å². The standard InChI is InChI=1S/C16H22N4O3S.ClH/c1-11-4-5-13(10-12(11)2)24(21,22)18-9-6-14-19-15(20-23-14)16(17)7-3-8-16;/h4-5,10,18H,3,6-9,17H2,1-2H3;1H. The number of sulfonamides is 1. The summed E-state index contributed by atoms with van der Waals surface area (Å²) in [6.07, 6.45) is 3.10. The van der Waals surface area contributed by atoms with Gasteiger partial charge in [-0.25, -0.2) is 13.1 Å². The molecule has 0 bridgehead atoms. The van der Waals surface area contributed by atoms with E-state index < -0.39 is 15.6 Å². The number of aryl methyl sites for hydroxylation is 2. The molecule has 7 nitrogen and oxygen atoms in total. The van der Waals surface area contributed by atoms with E-state index in [0.29, 0.717) is 18.1 Å². The van der Waals surface area contributed by atoms with Gasteiger partial charge in [-0.2, -0.15) is 4.98 Å². The van der Waals surface area contributed by atoms with Gasteiger partial charge in [0.2, 0.25) is 15.9 Å². The zero-order chi connectivity index (χ0) is 17.4. The van der Waals surface area contributed by atoms with E-state index in [1.54, 1.807) is 18.2 Å². The second-order valence-electron chi connectivity index (χ2n) is 6.42. The average Bonchev–Trinajstić information content (AvgIpc) is 2.96. The van der Waals surface area contributed by atoms with E-state index in [1.165, 1.54) is 0 Å². The van der Waals surface area contributed by atoms with Gasteiger partial charge in [0.05, 0.1) is 10.4 Å². The van der Waals surface area contributed by atoms with Crippen LogP contribution in [0.3, 0.4) is 0 Å². The number of nitrogens with zero attached hydrogens (tertiary/aromatic N) is 2. The quantitative estimate of drug-likeness (QED) is 0.785. The third-order valence-electron chi connectivity index (χ3n) is 4.58. The lowest BCUT2D eigenvalue weighted by atomic mass is 9.77. The number of benzene rings is 1. The molecule has 1 fully saturated rings. The summed E-state index contributed by atoms with van der Waals surface area (Å²) in [5, 5.41) is 3.92. The lowest BCUT2D eigenvalue weighted by Gasteiger charge is -2.34. The fourth-order valence-corrected chi connectivity index (χ4v) is 3.71. The van der Waals surface area contributed by atoms with Gasteiger partial charge in [0.25, 0.3) is 0 Å². The van der Waals surface area contributed by atoms with E-state index in [0.717, 1.165) is 30.4 Å². The van der Waals surface area contributed by atoms with Crippen molar-refractivity contribution >= 4 is 22.4 Å².